The number of aliphatic hydroxyl groups excluding tert-OH is 2. The number of aliphatic hydroxyl groups is 5. The summed E-state index contributed by atoms with van der Waals surface area (Å²) >= 11 is 0. The molecular formula is C30H52O5. The van der Waals surface area contributed by atoms with Crippen LogP contribution in [0.1, 0.15) is 107 Å². The molecule has 202 valence electrons. The largest absolute Gasteiger partial charge is 0.393 e. The highest BCUT2D eigenvalue weighted by Crippen LogP contribution is 2.76. The van der Waals surface area contributed by atoms with Crippen molar-refractivity contribution < 1.29 is 25.5 Å². The quantitative estimate of drug-likeness (QED) is 0.370. The lowest BCUT2D eigenvalue weighted by Gasteiger charge is -2.70. The summed E-state index contributed by atoms with van der Waals surface area (Å²) in [6, 6.07) is 0. The predicted octanol–water partition coefficient (Wildman–Crippen LogP) is 4.59. The van der Waals surface area contributed by atoms with E-state index < -0.39 is 28.8 Å². The van der Waals surface area contributed by atoms with Crippen molar-refractivity contribution in [3.63, 3.8) is 0 Å². The molecule has 4 saturated carbocycles. The predicted molar refractivity (Wildman–Crippen MR) is 139 cm³/mol. The van der Waals surface area contributed by atoms with Crippen LogP contribution in [-0.2, 0) is 0 Å². The van der Waals surface area contributed by atoms with Gasteiger partial charge >= 0.3 is 0 Å². The molecule has 4 aliphatic rings. The van der Waals surface area contributed by atoms with Gasteiger partial charge in [0.2, 0.25) is 0 Å². The van der Waals surface area contributed by atoms with Crippen LogP contribution >= 0.6 is 0 Å². The van der Waals surface area contributed by atoms with E-state index in [9.17, 15) is 25.5 Å². The van der Waals surface area contributed by atoms with Gasteiger partial charge in [0.05, 0.1) is 29.0 Å². The van der Waals surface area contributed by atoms with Gasteiger partial charge in [-0.15, -0.1) is 0 Å². The summed E-state index contributed by atoms with van der Waals surface area (Å²) in [4.78, 5) is 0. The van der Waals surface area contributed by atoms with Crippen LogP contribution in [0.4, 0.5) is 0 Å². The molecule has 0 amide bonds. The first kappa shape index (κ1) is 27.6. The van der Waals surface area contributed by atoms with Crippen molar-refractivity contribution in [1.82, 2.24) is 0 Å². The van der Waals surface area contributed by atoms with E-state index in [4.69, 9.17) is 0 Å². The molecule has 0 unspecified atom stereocenters. The Morgan fingerprint density at radius 1 is 0.829 bits per heavy atom. The first-order valence-electron chi connectivity index (χ1n) is 14.0. The third-order valence-electron chi connectivity index (χ3n) is 12.4. The smallest absolute Gasteiger partial charge is 0.0991 e. The van der Waals surface area contributed by atoms with Crippen LogP contribution in [0.15, 0.2) is 12.2 Å². The summed E-state index contributed by atoms with van der Waals surface area (Å²) in [5.41, 5.74) is -4.29. The Kier molecular flexibility index (Phi) is 6.32. The summed E-state index contributed by atoms with van der Waals surface area (Å²) < 4.78 is 0. The second kappa shape index (κ2) is 8.02. The molecule has 4 fully saturated rings. The zero-order valence-electron chi connectivity index (χ0n) is 23.4. The van der Waals surface area contributed by atoms with Crippen LogP contribution in [0.25, 0.3) is 0 Å². The molecular weight excluding hydrogens is 440 g/mol. The maximum Gasteiger partial charge on any atom is 0.0991 e. The molecule has 0 aromatic heterocycles. The molecule has 0 aromatic carbocycles. The van der Waals surface area contributed by atoms with Crippen molar-refractivity contribution in [2.24, 2.45) is 39.4 Å². The van der Waals surface area contributed by atoms with Crippen molar-refractivity contribution in [3.8, 4) is 0 Å². The van der Waals surface area contributed by atoms with E-state index in [1.165, 1.54) is 0 Å². The molecule has 0 heterocycles. The lowest BCUT2D eigenvalue weighted by molar-refractivity contribution is -0.270. The summed E-state index contributed by atoms with van der Waals surface area (Å²) in [6.45, 7) is 16.6. The fraction of sp³-hybridized carbons (Fsp3) is 0.933. The Hall–Kier alpha value is -0.460. The third-order valence-corrected chi connectivity index (χ3v) is 12.4. The lowest BCUT2D eigenvalue weighted by atomic mass is 9.35. The second-order valence-electron chi connectivity index (χ2n) is 15.1. The molecule has 0 radical (unpaired) electrons. The Labute approximate surface area is 213 Å². The van der Waals surface area contributed by atoms with Crippen molar-refractivity contribution >= 4 is 0 Å². The van der Waals surface area contributed by atoms with E-state index in [1.807, 2.05) is 0 Å². The van der Waals surface area contributed by atoms with Crippen molar-refractivity contribution in [2.45, 2.75) is 136 Å². The minimum Gasteiger partial charge on any atom is -0.393 e. The van der Waals surface area contributed by atoms with Gasteiger partial charge in [-0.1, -0.05) is 46.8 Å². The molecule has 0 aromatic rings. The summed E-state index contributed by atoms with van der Waals surface area (Å²) in [7, 11) is 0. The molecule has 10 atom stereocenters. The molecule has 5 N–H and O–H groups in total. The molecule has 5 nitrogen and oxygen atoms in total. The van der Waals surface area contributed by atoms with Gasteiger partial charge in [0.1, 0.15) is 0 Å². The maximum absolute atomic E-state index is 12.2. The number of hydrogen-bond donors (Lipinski definition) is 5. The molecule has 4 rings (SSSR count). The highest BCUT2D eigenvalue weighted by Gasteiger charge is 2.74. The number of rotatable bonds is 4. The number of fused-ring (bicyclic) bond motifs is 5. The first-order valence-corrected chi connectivity index (χ1v) is 14.0. The first-order chi connectivity index (χ1) is 15.8. The highest BCUT2D eigenvalue weighted by molar-refractivity contribution is 5.24. The van der Waals surface area contributed by atoms with Crippen LogP contribution in [0.3, 0.4) is 0 Å². The molecule has 0 spiro atoms. The van der Waals surface area contributed by atoms with Gasteiger partial charge in [0, 0.05) is 5.92 Å². The zero-order valence-corrected chi connectivity index (χ0v) is 23.4. The topological polar surface area (TPSA) is 101 Å². The Morgan fingerprint density at radius 2 is 1.46 bits per heavy atom. The molecule has 0 bridgehead atoms. The Morgan fingerprint density at radius 3 is 2.06 bits per heavy atom. The fourth-order valence-electron chi connectivity index (χ4n) is 10.2. The van der Waals surface area contributed by atoms with Crippen LogP contribution in [0.5, 0.6) is 0 Å². The van der Waals surface area contributed by atoms with Crippen LogP contribution in [-0.4, -0.2) is 54.5 Å². The third kappa shape index (κ3) is 3.73. The van der Waals surface area contributed by atoms with Gasteiger partial charge in [-0.3, -0.25) is 0 Å². The second-order valence-corrected chi connectivity index (χ2v) is 15.1. The minimum atomic E-state index is -1.42. The van der Waals surface area contributed by atoms with E-state index in [2.05, 4.69) is 34.6 Å². The van der Waals surface area contributed by atoms with E-state index >= 15 is 0 Å². The highest BCUT2D eigenvalue weighted by atomic mass is 16.4. The Bertz CT molecular complexity index is 857. The van der Waals surface area contributed by atoms with Gasteiger partial charge in [-0.2, -0.15) is 0 Å². The minimum absolute atomic E-state index is 0.0311. The summed E-state index contributed by atoms with van der Waals surface area (Å²) in [5.74, 6) is 0.294. The zero-order chi connectivity index (χ0) is 26.5. The van der Waals surface area contributed by atoms with Crippen LogP contribution in [0.2, 0.25) is 0 Å². The van der Waals surface area contributed by atoms with E-state index in [-0.39, 0.29) is 34.2 Å². The summed E-state index contributed by atoms with van der Waals surface area (Å²) in [5, 5.41) is 56.5. The van der Waals surface area contributed by atoms with Gasteiger partial charge in [0.25, 0.3) is 0 Å². The van der Waals surface area contributed by atoms with Crippen molar-refractivity contribution in [2.75, 3.05) is 0 Å². The van der Waals surface area contributed by atoms with Crippen molar-refractivity contribution in [1.29, 1.82) is 0 Å². The van der Waals surface area contributed by atoms with Gasteiger partial charge < -0.3 is 25.5 Å². The SMILES string of the molecule is CC(C)(O)/C=C/C[C@](C)(O)[C@@]1(O)CC[C@]2(C)[C@@H]1[C@H](O)C[C@@H]1[C@@]3(C)CC[C@@H](O)C(C)(C)[C@@H]3CC[C@]12C. The Balaban J connectivity index is 1.70. The van der Waals surface area contributed by atoms with E-state index in [0.29, 0.717) is 24.7 Å². The normalized spacial score (nSPS) is 51.4. The van der Waals surface area contributed by atoms with Gasteiger partial charge in [-0.25, -0.2) is 0 Å². The molecule has 0 aliphatic heterocycles. The maximum atomic E-state index is 12.2. The molecule has 5 heteroatoms. The van der Waals surface area contributed by atoms with Gasteiger partial charge in [-0.05, 0) is 106 Å². The van der Waals surface area contributed by atoms with E-state index in [0.717, 1.165) is 32.1 Å². The average Bonchev–Trinajstić information content (AvgIpc) is 3.01. The molecule has 4 aliphatic carbocycles. The fourth-order valence-corrected chi connectivity index (χ4v) is 10.2. The molecule has 0 saturated heterocycles. The standard InChI is InChI=1S/C30H52O5/c1-24(2,33)12-9-13-29(8,34)30(35)17-16-28(7)23(30)19(31)18-21-26(5)14-11-22(32)25(3,4)20(26)10-15-27(21,28)6/h9,12,19-23,31-35H,10-11,13-18H2,1-8H3/b12-9+/t19-,20+,21-,22-,23+,26+,27-,28-,29+,30-/m1/s1. The average molecular weight is 493 g/mol. The van der Waals surface area contributed by atoms with E-state index in [1.54, 1.807) is 32.9 Å². The van der Waals surface area contributed by atoms with Crippen molar-refractivity contribution in [3.05, 3.63) is 12.2 Å². The lowest BCUT2D eigenvalue weighted by Crippen LogP contribution is -2.69. The van der Waals surface area contributed by atoms with Gasteiger partial charge in [0.15, 0.2) is 0 Å². The van der Waals surface area contributed by atoms with Crippen LogP contribution in [0, 0.1) is 39.4 Å². The summed E-state index contributed by atoms with van der Waals surface area (Å²) in [6.07, 6.45) is 8.37. The monoisotopic (exact) mass is 492 g/mol. The molecule has 35 heavy (non-hydrogen) atoms. The number of hydrogen-bond acceptors (Lipinski definition) is 5. The van der Waals surface area contributed by atoms with Crippen LogP contribution < -0.4 is 0 Å².